The van der Waals surface area contributed by atoms with Gasteiger partial charge < -0.3 is 10.5 Å². The number of benzene rings is 1. The maximum absolute atomic E-state index is 6.42. The van der Waals surface area contributed by atoms with Crippen LogP contribution in [0.3, 0.4) is 0 Å². The van der Waals surface area contributed by atoms with Crippen LogP contribution in [0.25, 0.3) is 0 Å². The average molecular weight is 290 g/mol. The van der Waals surface area contributed by atoms with Gasteiger partial charge in [0.25, 0.3) is 0 Å². The summed E-state index contributed by atoms with van der Waals surface area (Å²) in [6, 6.07) is 9.15. The van der Waals surface area contributed by atoms with Crippen molar-refractivity contribution in [3.8, 4) is 0 Å². The highest BCUT2D eigenvalue weighted by Crippen LogP contribution is 2.26. The molecular weight excluding hydrogens is 260 g/mol. The fourth-order valence-electron chi connectivity index (χ4n) is 3.29. The summed E-state index contributed by atoms with van der Waals surface area (Å²) in [6.45, 7) is 6.18. The van der Waals surface area contributed by atoms with Gasteiger partial charge in [0.05, 0.1) is 6.10 Å². The van der Waals surface area contributed by atoms with E-state index >= 15 is 0 Å². The summed E-state index contributed by atoms with van der Waals surface area (Å²) < 4.78 is 5.89. The average Bonchev–Trinajstić information content (AvgIpc) is 2.48. The molecule has 1 aromatic carbocycles. The Labute approximate surface area is 129 Å². The van der Waals surface area contributed by atoms with E-state index < -0.39 is 0 Å². The van der Waals surface area contributed by atoms with Crippen molar-refractivity contribution in [2.45, 2.75) is 57.7 Å². The zero-order valence-electron chi connectivity index (χ0n) is 13.7. The van der Waals surface area contributed by atoms with Crippen LogP contribution in [-0.4, -0.2) is 37.2 Å². The zero-order chi connectivity index (χ0) is 15.2. The molecule has 1 aliphatic rings. The Kier molecular flexibility index (Phi) is 6.22. The second kappa shape index (κ2) is 7.92. The third kappa shape index (κ3) is 4.53. The molecule has 1 heterocycles. The standard InChI is InChI=1S/C18H30N2O/c1-4-17(19)18(15-9-7-8-14(2)12-15)20(3)13-16-10-5-6-11-21-16/h7-9,12,16-18H,4-6,10-11,13,19H2,1-3H3. The molecule has 1 saturated heterocycles. The van der Waals surface area contributed by atoms with Crippen LogP contribution in [-0.2, 0) is 4.74 Å². The van der Waals surface area contributed by atoms with Gasteiger partial charge in [0.1, 0.15) is 0 Å². The Morgan fingerprint density at radius 3 is 2.81 bits per heavy atom. The molecule has 0 saturated carbocycles. The molecule has 1 aromatic rings. The normalized spacial score (nSPS) is 22.2. The molecule has 118 valence electrons. The highest BCUT2D eigenvalue weighted by molar-refractivity contribution is 5.26. The van der Waals surface area contributed by atoms with Gasteiger partial charge in [0.2, 0.25) is 0 Å². The topological polar surface area (TPSA) is 38.5 Å². The van der Waals surface area contributed by atoms with Crippen molar-refractivity contribution < 1.29 is 4.74 Å². The molecule has 0 aromatic heterocycles. The van der Waals surface area contributed by atoms with Gasteiger partial charge in [0.15, 0.2) is 0 Å². The van der Waals surface area contributed by atoms with Crippen molar-refractivity contribution in [1.29, 1.82) is 0 Å². The first-order valence-corrected chi connectivity index (χ1v) is 8.25. The molecule has 3 unspecified atom stereocenters. The Morgan fingerprint density at radius 2 is 2.19 bits per heavy atom. The van der Waals surface area contributed by atoms with Crippen LogP contribution in [0.15, 0.2) is 24.3 Å². The van der Waals surface area contributed by atoms with Crippen LogP contribution >= 0.6 is 0 Å². The van der Waals surface area contributed by atoms with Gasteiger partial charge in [0, 0.05) is 25.2 Å². The number of rotatable bonds is 6. The molecule has 3 heteroatoms. The maximum atomic E-state index is 6.42. The van der Waals surface area contributed by atoms with Crippen LogP contribution in [0.2, 0.25) is 0 Å². The number of nitrogens with two attached hydrogens (primary N) is 1. The second-order valence-electron chi connectivity index (χ2n) is 6.36. The van der Waals surface area contributed by atoms with E-state index in [9.17, 15) is 0 Å². The Balaban J connectivity index is 2.11. The first-order chi connectivity index (χ1) is 10.1. The molecule has 1 aliphatic heterocycles. The van der Waals surface area contributed by atoms with Crippen molar-refractivity contribution in [3.05, 3.63) is 35.4 Å². The zero-order valence-corrected chi connectivity index (χ0v) is 13.7. The molecule has 3 atom stereocenters. The largest absolute Gasteiger partial charge is 0.377 e. The highest BCUT2D eigenvalue weighted by Gasteiger charge is 2.26. The lowest BCUT2D eigenvalue weighted by molar-refractivity contribution is -0.0104. The van der Waals surface area contributed by atoms with E-state index in [0.717, 1.165) is 19.6 Å². The predicted octanol–water partition coefficient (Wildman–Crippen LogP) is 3.27. The second-order valence-corrected chi connectivity index (χ2v) is 6.36. The lowest BCUT2D eigenvalue weighted by atomic mass is 9.95. The lowest BCUT2D eigenvalue weighted by Gasteiger charge is -2.36. The molecule has 0 radical (unpaired) electrons. The van der Waals surface area contributed by atoms with E-state index in [0.29, 0.717) is 6.10 Å². The minimum atomic E-state index is 0.153. The summed E-state index contributed by atoms with van der Waals surface area (Å²) in [4.78, 5) is 2.39. The Hall–Kier alpha value is -0.900. The summed E-state index contributed by atoms with van der Waals surface area (Å²) >= 11 is 0. The van der Waals surface area contributed by atoms with Crippen LogP contribution in [0.1, 0.15) is 49.8 Å². The molecule has 0 bridgehead atoms. The predicted molar refractivity (Wildman–Crippen MR) is 88.4 cm³/mol. The van der Waals surface area contributed by atoms with Crippen LogP contribution < -0.4 is 5.73 Å². The van der Waals surface area contributed by atoms with Gasteiger partial charge in [-0.1, -0.05) is 36.8 Å². The third-order valence-corrected chi connectivity index (χ3v) is 4.50. The lowest BCUT2D eigenvalue weighted by Crippen LogP contribution is -2.43. The number of nitrogens with zero attached hydrogens (tertiary/aromatic N) is 1. The Morgan fingerprint density at radius 1 is 1.38 bits per heavy atom. The fraction of sp³-hybridized carbons (Fsp3) is 0.667. The molecule has 0 aliphatic carbocycles. The first-order valence-electron chi connectivity index (χ1n) is 8.25. The number of hydrogen-bond donors (Lipinski definition) is 1. The van der Waals surface area contributed by atoms with Crippen molar-refractivity contribution in [2.75, 3.05) is 20.2 Å². The van der Waals surface area contributed by atoms with Crippen molar-refractivity contribution in [2.24, 2.45) is 5.73 Å². The molecule has 0 spiro atoms. The van der Waals surface area contributed by atoms with E-state index in [2.05, 4.69) is 50.1 Å². The van der Waals surface area contributed by atoms with Crippen LogP contribution in [0.5, 0.6) is 0 Å². The quantitative estimate of drug-likeness (QED) is 0.874. The highest BCUT2D eigenvalue weighted by atomic mass is 16.5. The SMILES string of the molecule is CCC(N)C(c1cccc(C)c1)N(C)CC1CCCCO1. The van der Waals surface area contributed by atoms with E-state index in [-0.39, 0.29) is 12.1 Å². The van der Waals surface area contributed by atoms with Crippen molar-refractivity contribution >= 4 is 0 Å². The summed E-state index contributed by atoms with van der Waals surface area (Å²) in [7, 11) is 2.18. The van der Waals surface area contributed by atoms with Crippen LogP contribution in [0.4, 0.5) is 0 Å². The maximum Gasteiger partial charge on any atom is 0.0702 e. The van der Waals surface area contributed by atoms with Gasteiger partial charge in [-0.25, -0.2) is 0 Å². The van der Waals surface area contributed by atoms with Gasteiger partial charge in [-0.2, -0.15) is 0 Å². The molecule has 2 N–H and O–H groups in total. The molecule has 2 rings (SSSR count). The minimum Gasteiger partial charge on any atom is -0.377 e. The molecule has 21 heavy (non-hydrogen) atoms. The van der Waals surface area contributed by atoms with E-state index in [1.807, 2.05) is 0 Å². The third-order valence-electron chi connectivity index (χ3n) is 4.50. The monoisotopic (exact) mass is 290 g/mol. The van der Waals surface area contributed by atoms with Gasteiger partial charge in [-0.3, -0.25) is 4.90 Å². The summed E-state index contributed by atoms with van der Waals surface area (Å²) in [5.41, 5.74) is 9.04. The van der Waals surface area contributed by atoms with E-state index in [4.69, 9.17) is 10.5 Å². The van der Waals surface area contributed by atoms with Crippen LogP contribution in [0, 0.1) is 6.92 Å². The molecular formula is C18H30N2O. The van der Waals surface area contributed by atoms with Gasteiger partial charge in [-0.05, 0) is 45.2 Å². The first kappa shape index (κ1) is 16.5. The molecule has 1 fully saturated rings. The van der Waals surface area contributed by atoms with Crippen molar-refractivity contribution in [3.63, 3.8) is 0 Å². The number of hydrogen-bond acceptors (Lipinski definition) is 3. The Bertz CT molecular complexity index is 429. The summed E-state index contributed by atoms with van der Waals surface area (Å²) in [6.07, 6.45) is 5.00. The van der Waals surface area contributed by atoms with Gasteiger partial charge >= 0.3 is 0 Å². The van der Waals surface area contributed by atoms with Crippen molar-refractivity contribution in [1.82, 2.24) is 4.90 Å². The fourth-order valence-corrected chi connectivity index (χ4v) is 3.29. The summed E-state index contributed by atoms with van der Waals surface area (Å²) in [5.74, 6) is 0. The van der Waals surface area contributed by atoms with E-state index in [1.54, 1.807) is 0 Å². The molecule has 3 nitrogen and oxygen atoms in total. The smallest absolute Gasteiger partial charge is 0.0702 e. The number of aryl methyl sites for hydroxylation is 1. The minimum absolute atomic E-state index is 0.153. The number of ether oxygens (including phenoxy) is 1. The van der Waals surface area contributed by atoms with Gasteiger partial charge in [-0.15, -0.1) is 0 Å². The summed E-state index contributed by atoms with van der Waals surface area (Å²) in [5, 5.41) is 0. The molecule has 0 amide bonds. The van der Waals surface area contributed by atoms with E-state index in [1.165, 1.54) is 30.4 Å². The number of likely N-dealkylation sites (N-methyl/N-ethyl adjacent to an activating group) is 1.